The van der Waals surface area contributed by atoms with Gasteiger partial charge in [0.15, 0.2) is 0 Å². The SMILES string of the molecule is C/C1=C(\c2cccc(-c3ccccc3)c2)NC(c2cccc3c(-c4cccc5oc6ccc(-c7ccc(-c8ccccc8)cc7)cc6c45)cccc23)/N=C(/c2ccc3ccccc3c2)CC1. The first-order valence-corrected chi connectivity index (χ1v) is 22.9. The Bertz CT molecular complexity index is 3670. The van der Waals surface area contributed by atoms with Crippen LogP contribution in [-0.4, -0.2) is 5.71 Å². The van der Waals surface area contributed by atoms with E-state index in [0.29, 0.717) is 0 Å². The van der Waals surface area contributed by atoms with Gasteiger partial charge in [0.1, 0.15) is 17.3 Å². The number of fused-ring (bicyclic) bond motifs is 5. The summed E-state index contributed by atoms with van der Waals surface area (Å²) in [5.74, 6) is 0. The van der Waals surface area contributed by atoms with Crippen molar-refractivity contribution in [1.82, 2.24) is 5.32 Å². The van der Waals surface area contributed by atoms with E-state index in [1.807, 2.05) is 0 Å². The van der Waals surface area contributed by atoms with Crippen LogP contribution in [0.25, 0.3) is 93.7 Å². The number of benzene rings is 10. The van der Waals surface area contributed by atoms with Gasteiger partial charge in [-0.15, -0.1) is 0 Å². The van der Waals surface area contributed by atoms with Crippen LogP contribution in [0.5, 0.6) is 0 Å². The number of hydrogen-bond donors (Lipinski definition) is 1. The quantitative estimate of drug-likeness (QED) is 0.173. The van der Waals surface area contributed by atoms with Gasteiger partial charge in [-0.05, 0) is 133 Å². The van der Waals surface area contributed by atoms with Gasteiger partial charge in [-0.2, -0.15) is 0 Å². The van der Waals surface area contributed by atoms with Crippen molar-refractivity contribution in [1.29, 1.82) is 0 Å². The number of allylic oxidation sites excluding steroid dienone is 1. The molecule has 1 aromatic heterocycles. The molecule has 1 N–H and O–H groups in total. The van der Waals surface area contributed by atoms with E-state index >= 15 is 0 Å². The van der Waals surface area contributed by atoms with E-state index in [4.69, 9.17) is 9.41 Å². The molecule has 0 spiro atoms. The van der Waals surface area contributed by atoms with Crippen LogP contribution in [0.3, 0.4) is 0 Å². The van der Waals surface area contributed by atoms with Crippen LogP contribution in [0.15, 0.2) is 239 Å². The molecule has 0 radical (unpaired) electrons. The van der Waals surface area contributed by atoms with E-state index in [1.54, 1.807) is 0 Å². The Balaban J connectivity index is 0.986. The first-order valence-electron chi connectivity index (χ1n) is 22.9. The molecule has 10 aromatic carbocycles. The van der Waals surface area contributed by atoms with Crippen LogP contribution < -0.4 is 5.32 Å². The van der Waals surface area contributed by atoms with E-state index < -0.39 is 0 Å². The number of nitrogens with zero attached hydrogens (tertiary/aromatic N) is 1. The molecule has 1 unspecified atom stereocenters. The average Bonchev–Trinajstić information content (AvgIpc) is 3.76. The predicted octanol–water partition coefficient (Wildman–Crippen LogP) is 16.9. The lowest BCUT2D eigenvalue weighted by atomic mass is 9.91. The molecule has 0 aliphatic carbocycles. The topological polar surface area (TPSA) is 37.5 Å². The minimum atomic E-state index is -0.363. The van der Waals surface area contributed by atoms with Gasteiger partial charge >= 0.3 is 0 Å². The van der Waals surface area contributed by atoms with Crippen LogP contribution in [0, 0.1) is 0 Å². The summed E-state index contributed by atoms with van der Waals surface area (Å²) in [6.07, 6.45) is 1.35. The summed E-state index contributed by atoms with van der Waals surface area (Å²) in [7, 11) is 0. The fourth-order valence-corrected chi connectivity index (χ4v) is 10.0. The molecule has 12 rings (SSSR count). The molecule has 3 heteroatoms. The third-order valence-electron chi connectivity index (χ3n) is 13.4. The summed E-state index contributed by atoms with van der Waals surface area (Å²) < 4.78 is 6.59. The zero-order valence-electron chi connectivity index (χ0n) is 36.7. The summed E-state index contributed by atoms with van der Waals surface area (Å²) in [6.45, 7) is 2.28. The fourth-order valence-electron chi connectivity index (χ4n) is 10.0. The first-order chi connectivity index (χ1) is 32.6. The molecule has 2 heterocycles. The molecule has 1 aliphatic heterocycles. The summed E-state index contributed by atoms with van der Waals surface area (Å²) in [5, 5.41) is 11.1. The zero-order valence-corrected chi connectivity index (χ0v) is 36.7. The average molecular weight is 847 g/mol. The van der Waals surface area contributed by atoms with E-state index in [9.17, 15) is 0 Å². The lowest BCUT2D eigenvalue weighted by Crippen LogP contribution is -2.24. The summed E-state index contributed by atoms with van der Waals surface area (Å²) in [5.41, 5.74) is 18.2. The molecule has 1 aliphatic rings. The van der Waals surface area contributed by atoms with Crippen molar-refractivity contribution < 1.29 is 4.42 Å². The van der Waals surface area contributed by atoms with Gasteiger partial charge in [-0.3, -0.25) is 4.99 Å². The molecule has 0 bridgehead atoms. The first kappa shape index (κ1) is 39.3. The lowest BCUT2D eigenvalue weighted by Gasteiger charge is -2.27. The Kier molecular flexibility index (Phi) is 9.95. The van der Waals surface area contributed by atoms with Crippen LogP contribution in [-0.2, 0) is 0 Å². The minimum Gasteiger partial charge on any atom is -0.456 e. The molecule has 0 saturated carbocycles. The van der Waals surface area contributed by atoms with Gasteiger partial charge < -0.3 is 9.73 Å². The van der Waals surface area contributed by atoms with Gasteiger partial charge in [0.25, 0.3) is 0 Å². The Hall–Kier alpha value is -8.27. The van der Waals surface area contributed by atoms with E-state index in [1.165, 1.54) is 49.5 Å². The van der Waals surface area contributed by atoms with Crippen LogP contribution in [0.4, 0.5) is 0 Å². The second-order valence-corrected chi connectivity index (χ2v) is 17.5. The fraction of sp³-hybridized carbons (Fsp3) is 0.0635. The van der Waals surface area contributed by atoms with Gasteiger partial charge in [0, 0.05) is 27.7 Å². The number of aliphatic imine (C=N–C) groups is 1. The van der Waals surface area contributed by atoms with Crippen molar-refractivity contribution in [3.05, 3.63) is 247 Å². The largest absolute Gasteiger partial charge is 0.456 e. The molecule has 0 amide bonds. The Labute approximate surface area is 385 Å². The van der Waals surface area contributed by atoms with Gasteiger partial charge in [0.2, 0.25) is 0 Å². The monoisotopic (exact) mass is 846 g/mol. The van der Waals surface area contributed by atoms with Gasteiger partial charge in [-0.25, -0.2) is 0 Å². The Morgan fingerprint density at radius 2 is 1.00 bits per heavy atom. The second kappa shape index (κ2) is 16.7. The summed E-state index contributed by atoms with van der Waals surface area (Å²) in [4.78, 5) is 5.73. The molecule has 1 atom stereocenters. The third kappa shape index (κ3) is 7.25. The molecule has 0 fully saturated rings. The summed E-state index contributed by atoms with van der Waals surface area (Å²) >= 11 is 0. The predicted molar refractivity (Wildman–Crippen MR) is 278 cm³/mol. The Morgan fingerprint density at radius 3 is 1.82 bits per heavy atom. The highest BCUT2D eigenvalue weighted by Gasteiger charge is 2.23. The van der Waals surface area contributed by atoms with E-state index in [0.717, 1.165) is 85.0 Å². The molecule has 3 nitrogen and oxygen atoms in total. The van der Waals surface area contributed by atoms with Crippen LogP contribution in [0.1, 0.15) is 42.6 Å². The summed E-state index contributed by atoms with van der Waals surface area (Å²) in [6, 6.07) is 80.8. The highest BCUT2D eigenvalue weighted by atomic mass is 16.3. The number of furan rings is 1. The number of hydrogen-bond acceptors (Lipinski definition) is 3. The zero-order chi connectivity index (χ0) is 44.0. The highest BCUT2D eigenvalue weighted by molar-refractivity contribution is 6.16. The van der Waals surface area contributed by atoms with Crippen molar-refractivity contribution >= 4 is 54.9 Å². The maximum atomic E-state index is 6.59. The van der Waals surface area contributed by atoms with Crippen molar-refractivity contribution in [2.75, 3.05) is 0 Å². The second-order valence-electron chi connectivity index (χ2n) is 17.5. The molecule has 0 saturated heterocycles. The Morgan fingerprint density at radius 1 is 0.409 bits per heavy atom. The molecular weight excluding hydrogens is 801 g/mol. The lowest BCUT2D eigenvalue weighted by molar-refractivity contribution is 0.661. The van der Waals surface area contributed by atoms with E-state index in [-0.39, 0.29) is 6.17 Å². The maximum absolute atomic E-state index is 6.59. The van der Waals surface area contributed by atoms with Crippen molar-refractivity contribution in [3.63, 3.8) is 0 Å². The van der Waals surface area contributed by atoms with Crippen LogP contribution in [0.2, 0.25) is 0 Å². The molecule has 314 valence electrons. The van der Waals surface area contributed by atoms with Crippen LogP contribution >= 0.6 is 0 Å². The third-order valence-corrected chi connectivity index (χ3v) is 13.4. The molecular formula is C63H46N2O. The van der Waals surface area contributed by atoms with Crippen molar-refractivity contribution in [3.8, 4) is 44.5 Å². The molecule has 66 heavy (non-hydrogen) atoms. The molecule has 11 aromatic rings. The normalized spacial score (nSPS) is 16.2. The van der Waals surface area contributed by atoms with Crippen molar-refractivity contribution in [2.45, 2.75) is 25.9 Å². The highest BCUT2D eigenvalue weighted by Crippen LogP contribution is 2.42. The number of rotatable bonds is 7. The maximum Gasteiger partial charge on any atom is 0.145 e. The minimum absolute atomic E-state index is 0.363. The number of nitrogens with one attached hydrogen (secondary N) is 1. The van der Waals surface area contributed by atoms with Gasteiger partial charge in [-0.1, -0.05) is 194 Å². The van der Waals surface area contributed by atoms with Crippen molar-refractivity contribution in [2.24, 2.45) is 4.99 Å². The van der Waals surface area contributed by atoms with Gasteiger partial charge in [0.05, 0.1) is 0 Å². The van der Waals surface area contributed by atoms with E-state index in [2.05, 4.69) is 237 Å². The smallest absolute Gasteiger partial charge is 0.145 e. The standard InChI is InChI=1S/C63H46N2O/c1-41-28-36-58(50-34-33-44-18-8-9-19-47(44)38-50)64-63(65-62(41)51-21-10-20-48(39-51)43-16-6-3-7-17-43)56-26-12-22-52-53(23-11-24-54(52)56)55-25-13-27-60-61(55)57-40-49(35-37-59(57)66-60)46-31-29-45(30-32-46)42-14-4-2-5-15-42/h2-27,29-35,37-40,63,65H,28,36H2,1H3/b62-41-,64-58+.